The Morgan fingerprint density at radius 1 is 1.16 bits per heavy atom. The maximum Gasteiger partial charge on any atom is 0.151 e. The van der Waals surface area contributed by atoms with Crippen LogP contribution in [-0.4, -0.2) is 6.29 Å². The summed E-state index contributed by atoms with van der Waals surface area (Å²) in [5.41, 5.74) is 0.357. The van der Waals surface area contributed by atoms with Gasteiger partial charge in [-0.3, -0.25) is 4.79 Å². The molecule has 0 radical (unpaired) electrons. The molecule has 0 aliphatic heterocycles. The highest BCUT2D eigenvalue weighted by Crippen LogP contribution is 2.34. The quantitative estimate of drug-likeness (QED) is 0.531. The molecule has 98 valence electrons. The first kappa shape index (κ1) is 14.3. The molecule has 0 saturated carbocycles. The Morgan fingerprint density at radius 3 is 2.53 bits per heavy atom. The minimum atomic E-state index is -0.588. The molecule has 19 heavy (non-hydrogen) atoms. The maximum atomic E-state index is 13.4. The molecule has 2 nitrogen and oxygen atoms in total. The Hall–Kier alpha value is -1.10. The lowest BCUT2D eigenvalue weighted by Gasteiger charge is -2.09. The van der Waals surface area contributed by atoms with Crippen LogP contribution in [-0.2, 0) is 0 Å². The molecule has 2 aromatic carbocycles. The molecule has 0 N–H and O–H groups in total. The largest absolute Gasteiger partial charge is 0.456 e. The van der Waals surface area contributed by atoms with Crippen LogP contribution in [0.25, 0.3) is 0 Å². The monoisotopic (exact) mass is 362 g/mol. The summed E-state index contributed by atoms with van der Waals surface area (Å²) in [6.45, 7) is 0. The molecule has 0 saturated heterocycles. The van der Waals surface area contributed by atoms with E-state index < -0.39 is 5.82 Å². The molecule has 6 heteroatoms. The van der Waals surface area contributed by atoms with Gasteiger partial charge in [0, 0.05) is 17.7 Å². The molecular weight excluding hydrogens is 358 g/mol. The number of hydrogen-bond acceptors (Lipinski definition) is 2. The number of halogens is 4. The van der Waals surface area contributed by atoms with Crippen LogP contribution in [0.5, 0.6) is 11.5 Å². The molecule has 0 atom stereocenters. The molecule has 0 bridgehead atoms. The van der Waals surface area contributed by atoms with E-state index in [1.165, 1.54) is 18.2 Å². The molecular formula is C13H6BrCl2FO2. The van der Waals surface area contributed by atoms with Crippen LogP contribution < -0.4 is 4.74 Å². The van der Waals surface area contributed by atoms with Gasteiger partial charge in [-0.25, -0.2) is 4.39 Å². The molecule has 0 unspecified atom stereocenters. The molecule has 0 fully saturated rings. The van der Waals surface area contributed by atoms with Crippen LogP contribution in [0.15, 0.2) is 34.8 Å². The third kappa shape index (κ3) is 3.26. The fourth-order valence-corrected chi connectivity index (χ4v) is 2.31. The van der Waals surface area contributed by atoms with Crippen molar-refractivity contribution < 1.29 is 13.9 Å². The average molecular weight is 364 g/mol. The summed E-state index contributed by atoms with van der Waals surface area (Å²) in [4.78, 5) is 10.6. The Bertz CT molecular complexity index is 647. The van der Waals surface area contributed by atoms with Crippen molar-refractivity contribution in [3.05, 3.63) is 56.2 Å². The van der Waals surface area contributed by atoms with Gasteiger partial charge in [0.1, 0.15) is 17.3 Å². The van der Waals surface area contributed by atoms with Gasteiger partial charge in [0.15, 0.2) is 6.29 Å². The average Bonchev–Trinajstić information content (AvgIpc) is 2.36. The van der Waals surface area contributed by atoms with E-state index in [-0.39, 0.29) is 15.8 Å². The number of carbonyl (C=O) groups excluding carboxylic acids is 1. The minimum absolute atomic E-state index is 0.00596. The van der Waals surface area contributed by atoms with E-state index in [0.717, 1.165) is 6.07 Å². The van der Waals surface area contributed by atoms with Crippen LogP contribution in [0, 0.1) is 5.82 Å². The summed E-state index contributed by atoms with van der Waals surface area (Å²) >= 11 is 14.7. The molecule has 0 spiro atoms. The Kier molecular flexibility index (Phi) is 4.45. The predicted molar refractivity (Wildman–Crippen MR) is 76.0 cm³/mol. The van der Waals surface area contributed by atoms with Gasteiger partial charge in [0.2, 0.25) is 0 Å². The highest BCUT2D eigenvalue weighted by molar-refractivity contribution is 9.10. The third-order valence-corrected chi connectivity index (χ3v) is 3.54. The number of carbonyl (C=O) groups is 1. The van der Waals surface area contributed by atoms with E-state index in [2.05, 4.69) is 15.9 Å². The van der Waals surface area contributed by atoms with Crippen LogP contribution in [0.4, 0.5) is 4.39 Å². The number of rotatable bonds is 3. The summed E-state index contributed by atoms with van der Waals surface area (Å²) in [6.07, 6.45) is 0.643. The van der Waals surface area contributed by atoms with Crippen molar-refractivity contribution in [1.82, 2.24) is 0 Å². The highest BCUT2D eigenvalue weighted by Gasteiger charge is 2.10. The molecule has 0 aromatic heterocycles. The van der Waals surface area contributed by atoms with Gasteiger partial charge in [0.25, 0.3) is 0 Å². The van der Waals surface area contributed by atoms with Gasteiger partial charge in [-0.2, -0.15) is 0 Å². The van der Waals surface area contributed by atoms with Crippen molar-refractivity contribution in [2.75, 3.05) is 0 Å². The summed E-state index contributed by atoms with van der Waals surface area (Å²) in [5, 5.41) is 0.256. The van der Waals surface area contributed by atoms with E-state index in [0.29, 0.717) is 22.1 Å². The standard InChI is InChI=1S/C13H6BrCl2FO2/c14-9-4-11(16)12(17)5-13(9)19-8-2-1-7(6-18)10(15)3-8/h1-6H. The predicted octanol–water partition coefficient (Wildman–Crippen LogP) is 5.50. The van der Waals surface area contributed by atoms with Gasteiger partial charge in [-0.1, -0.05) is 23.2 Å². The van der Waals surface area contributed by atoms with Crippen molar-refractivity contribution >= 4 is 45.4 Å². The second-order valence-electron chi connectivity index (χ2n) is 3.60. The SMILES string of the molecule is O=Cc1ccc(Oc2cc(F)c(Cl)cc2Br)cc1Cl. The van der Waals surface area contributed by atoms with E-state index >= 15 is 0 Å². The number of aldehydes is 1. The Balaban J connectivity index is 2.33. The van der Waals surface area contributed by atoms with Crippen LogP contribution in [0.3, 0.4) is 0 Å². The van der Waals surface area contributed by atoms with Gasteiger partial charge >= 0.3 is 0 Å². The first-order valence-electron chi connectivity index (χ1n) is 5.08. The van der Waals surface area contributed by atoms with E-state index in [1.54, 1.807) is 6.07 Å². The zero-order valence-corrected chi connectivity index (χ0v) is 12.4. The minimum Gasteiger partial charge on any atom is -0.456 e. The molecule has 2 rings (SSSR count). The first-order chi connectivity index (χ1) is 9.01. The van der Waals surface area contributed by atoms with Gasteiger partial charge < -0.3 is 4.74 Å². The summed E-state index contributed by atoms with van der Waals surface area (Å²) in [7, 11) is 0. The van der Waals surface area contributed by atoms with Crippen LogP contribution in [0.1, 0.15) is 10.4 Å². The topological polar surface area (TPSA) is 26.3 Å². The van der Waals surface area contributed by atoms with Gasteiger partial charge in [0.05, 0.1) is 14.5 Å². The van der Waals surface area contributed by atoms with Crippen molar-refractivity contribution in [2.24, 2.45) is 0 Å². The molecule has 0 aliphatic carbocycles. The molecule has 0 aliphatic rings. The van der Waals surface area contributed by atoms with Gasteiger partial charge in [-0.15, -0.1) is 0 Å². The van der Waals surface area contributed by atoms with Gasteiger partial charge in [-0.05, 0) is 34.1 Å². The van der Waals surface area contributed by atoms with Crippen molar-refractivity contribution in [3.8, 4) is 11.5 Å². The lowest BCUT2D eigenvalue weighted by atomic mass is 10.2. The van der Waals surface area contributed by atoms with Crippen molar-refractivity contribution in [1.29, 1.82) is 0 Å². The molecule has 0 heterocycles. The summed E-state index contributed by atoms with van der Waals surface area (Å²) in [5.74, 6) is 0.0605. The highest BCUT2D eigenvalue weighted by atomic mass is 79.9. The summed E-state index contributed by atoms with van der Waals surface area (Å²) in [6, 6.07) is 7.12. The van der Waals surface area contributed by atoms with Crippen molar-refractivity contribution in [3.63, 3.8) is 0 Å². The first-order valence-corrected chi connectivity index (χ1v) is 6.63. The second kappa shape index (κ2) is 5.90. The zero-order valence-electron chi connectivity index (χ0n) is 9.29. The van der Waals surface area contributed by atoms with E-state index in [4.69, 9.17) is 27.9 Å². The second-order valence-corrected chi connectivity index (χ2v) is 5.27. The molecule has 0 amide bonds. The van der Waals surface area contributed by atoms with Crippen molar-refractivity contribution in [2.45, 2.75) is 0 Å². The third-order valence-electron chi connectivity index (χ3n) is 2.30. The zero-order chi connectivity index (χ0) is 14.0. The van der Waals surface area contributed by atoms with E-state index in [1.807, 2.05) is 0 Å². The smallest absolute Gasteiger partial charge is 0.151 e. The number of hydrogen-bond donors (Lipinski definition) is 0. The summed E-state index contributed by atoms with van der Waals surface area (Å²) < 4.78 is 19.3. The normalized spacial score (nSPS) is 10.3. The van der Waals surface area contributed by atoms with Crippen LogP contribution >= 0.6 is 39.1 Å². The van der Waals surface area contributed by atoms with E-state index in [9.17, 15) is 9.18 Å². The maximum absolute atomic E-state index is 13.4. The lowest BCUT2D eigenvalue weighted by molar-refractivity contribution is 0.112. The fourth-order valence-electron chi connectivity index (χ4n) is 1.38. The number of ether oxygens (including phenoxy) is 1. The Morgan fingerprint density at radius 2 is 1.89 bits per heavy atom. The number of benzene rings is 2. The fraction of sp³-hybridized carbons (Fsp3) is 0. The lowest BCUT2D eigenvalue weighted by Crippen LogP contribution is -1.89. The molecule has 2 aromatic rings. The van der Waals surface area contributed by atoms with Crippen LogP contribution in [0.2, 0.25) is 10.0 Å². The Labute approximate surface area is 127 Å².